The number of carbonyl (C=O) groups excluding carboxylic acids is 2. The Bertz CT molecular complexity index is 988. The number of nitrogens with one attached hydrogen (secondary N) is 1. The lowest BCUT2D eigenvalue weighted by molar-refractivity contribution is -0.132. The summed E-state index contributed by atoms with van der Waals surface area (Å²) in [5.41, 5.74) is 3.37. The van der Waals surface area contributed by atoms with Crippen LogP contribution in [0.2, 0.25) is 0 Å². The third-order valence-corrected chi connectivity index (χ3v) is 7.96. The highest BCUT2D eigenvalue weighted by Gasteiger charge is 2.43. The molecule has 2 aliphatic rings. The summed E-state index contributed by atoms with van der Waals surface area (Å²) < 4.78 is 0. The van der Waals surface area contributed by atoms with E-state index >= 15 is 0 Å². The molecular formula is C26H30N2O2S. The largest absolute Gasteiger partial charge is 0.349 e. The number of thioether (sulfide) groups is 1. The molecule has 2 fully saturated rings. The fraction of sp³-hybridized carbons (Fsp3) is 0.385. The molecule has 0 bridgehead atoms. The van der Waals surface area contributed by atoms with Crippen LogP contribution in [-0.4, -0.2) is 35.1 Å². The normalized spacial score (nSPS) is 25.8. The molecule has 2 amide bonds. The number of rotatable bonds is 4. The van der Waals surface area contributed by atoms with Crippen LogP contribution in [0, 0.1) is 12.8 Å². The van der Waals surface area contributed by atoms with Crippen molar-refractivity contribution in [3.8, 4) is 0 Å². The van der Waals surface area contributed by atoms with Crippen molar-refractivity contribution >= 4 is 29.7 Å². The highest BCUT2D eigenvalue weighted by atomic mass is 32.2. The van der Waals surface area contributed by atoms with Crippen molar-refractivity contribution in [1.82, 2.24) is 10.2 Å². The fourth-order valence-corrected chi connectivity index (χ4v) is 6.05. The number of fused-ring (bicyclic) bond motifs is 1. The van der Waals surface area contributed by atoms with Gasteiger partial charge in [0.2, 0.25) is 5.91 Å². The minimum atomic E-state index is -0.0508. The Balaban J connectivity index is 1.43. The van der Waals surface area contributed by atoms with Gasteiger partial charge in [-0.1, -0.05) is 54.6 Å². The van der Waals surface area contributed by atoms with Crippen molar-refractivity contribution in [2.45, 2.75) is 50.4 Å². The molecule has 1 heterocycles. The van der Waals surface area contributed by atoms with Gasteiger partial charge in [-0.05, 0) is 55.9 Å². The molecule has 162 valence electrons. The monoisotopic (exact) mass is 434 g/mol. The number of carbonyl (C=O) groups is 2. The predicted molar refractivity (Wildman–Crippen MR) is 127 cm³/mol. The minimum Gasteiger partial charge on any atom is -0.349 e. The lowest BCUT2D eigenvalue weighted by Gasteiger charge is -2.44. The maximum Gasteiger partial charge on any atom is 0.260 e. The van der Waals surface area contributed by atoms with Gasteiger partial charge in [0.15, 0.2) is 0 Å². The zero-order valence-electron chi connectivity index (χ0n) is 18.4. The number of likely N-dealkylation sites (N-methyl/N-ethyl adjacent to an activating group) is 1. The van der Waals surface area contributed by atoms with Crippen LogP contribution < -0.4 is 5.32 Å². The molecule has 4 atom stereocenters. The Labute approximate surface area is 189 Å². The molecule has 1 saturated heterocycles. The second-order valence-electron chi connectivity index (χ2n) is 8.66. The zero-order valence-corrected chi connectivity index (χ0v) is 19.2. The molecule has 2 aromatic carbocycles. The van der Waals surface area contributed by atoms with Crippen LogP contribution in [0.3, 0.4) is 0 Å². The summed E-state index contributed by atoms with van der Waals surface area (Å²) in [5, 5.41) is 3.52. The Kier molecular flexibility index (Phi) is 6.51. The maximum absolute atomic E-state index is 13.1. The predicted octanol–water partition coefficient (Wildman–Crippen LogP) is 4.96. The summed E-state index contributed by atoms with van der Waals surface area (Å²) in [5.74, 6) is 0.111. The zero-order chi connectivity index (χ0) is 22.0. The van der Waals surface area contributed by atoms with Gasteiger partial charge in [0.05, 0.1) is 10.9 Å². The quantitative estimate of drug-likeness (QED) is 0.692. The van der Waals surface area contributed by atoms with E-state index in [1.54, 1.807) is 11.8 Å². The van der Waals surface area contributed by atoms with Crippen LogP contribution in [0.1, 0.15) is 48.9 Å². The smallest absolute Gasteiger partial charge is 0.260 e. The first-order valence-electron chi connectivity index (χ1n) is 11.0. The highest BCUT2D eigenvalue weighted by molar-refractivity contribution is 8.04. The summed E-state index contributed by atoms with van der Waals surface area (Å²) in [4.78, 5) is 28.7. The molecule has 1 aliphatic heterocycles. The van der Waals surface area contributed by atoms with Crippen LogP contribution >= 0.6 is 11.8 Å². The van der Waals surface area contributed by atoms with Gasteiger partial charge >= 0.3 is 0 Å². The molecule has 1 N–H and O–H groups in total. The average Bonchev–Trinajstić information content (AvgIpc) is 2.79. The van der Waals surface area contributed by atoms with E-state index in [1.165, 1.54) is 5.56 Å². The van der Waals surface area contributed by atoms with Gasteiger partial charge in [-0.15, -0.1) is 11.8 Å². The molecule has 0 spiro atoms. The average molecular weight is 435 g/mol. The van der Waals surface area contributed by atoms with Gasteiger partial charge in [-0.3, -0.25) is 9.59 Å². The lowest BCUT2D eigenvalue weighted by Crippen LogP contribution is -2.52. The van der Waals surface area contributed by atoms with Crippen LogP contribution in [0.15, 0.2) is 59.5 Å². The Morgan fingerprint density at radius 2 is 1.84 bits per heavy atom. The van der Waals surface area contributed by atoms with Gasteiger partial charge < -0.3 is 10.2 Å². The molecule has 0 radical (unpaired) electrons. The van der Waals surface area contributed by atoms with Crippen molar-refractivity contribution < 1.29 is 9.59 Å². The number of nitrogens with zero attached hydrogens (tertiary/aromatic N) is 1. The first-order valence-corrected chi connectivity index (χ1v) is 11.9. The topological polar surface area (TPSA) is 49.4 Å². The van der Waals surface area contributed by atoms with Crippen molar-refractivity contribution in [3.63, 3.8) is 0 Å². The Morgan fingerprint density at radius 1 is 1.13 bits per heavy atom. The van der Waals surface area contributed by atoms with Gasteiger partial charge in [0.25, 0.3) is 5.91 Å². The number of amides is 2. The van der Waals surface area contributed by atoms with E-state index in [9.17, 15) is 9.59 Å². The minimum absolute atomic E-state index is 0.0184. The molecule has 4 nitrogen and oxygen atoms in total. The van der Waals surface area contributed by atoms with E-state index in [0.29, 0.717) is 5.25 Å². The lowest BCUT2D eigenvalue weighted by atomic mass is 9.83. The second-order valence-corrected chi connectivity index (χ2v) is 9.94. The van der Waals surface area contributed by atoms with E-state index in [-0.39, 0.29) is 29.8 Å². The van der Waals surface area contributed by atoms with Crippen molar-refractivity contribution in [2.24, 2.45) is 5.92 Å². The number of aryl methyl sites for hydroxylation is 1. The summed E-state index contributed by atoms with van der Waals surface area (Å²) in [6.07, 6.45) is 4.55. The molecule has 5 heteroatoms. The van der Waals surface area contributed by atoms with Crippen LogP contribution in [-0.2, 0) is 9.59 Å². The SMILES string of the molecule is Cc1ccccc1/C=C1\SC2CCC(C(=O)NC(C)c3ccccc3)CC2N(C)C1=O. The highest BCUT2D eigenvalue weighted by Crippen LogP contribution is 2.43. The first kappa shape index (κ1) is 21.7. The number of benzene rings is 2. The van der Waals surface area contributed by atoms with Gasteiger partial charge in [-0.2, -0.15) is 0 Å². The third kappa shape index (κ3) is 4.72. The molecule has 31 heavy (non-hydrogen) atoms. The molecule has 4 unspecified atom stereocenters. The molecule has 4 rings (SSSR count). The van der Waals surface area contributed by atoms with Gasteiger partial charge in [-0.25, -0.2) is 0 Å². The summed E-state index contributed by atoms with van der Waals surface area (Å²) >= 11 is 1.69. The van der Waals surface area contributed by atoms with E-state index in [1.807, 2.05) is 67.4 Å². The van der Waals surface area contributed by atoms with Crippen molar-refractivity contribution in [3.05, 3.63) is 76.2 Å². The number of hydrogen-bond acceptors (Lipinski definition) is 3. The first-order chi connectivity index (χ1) is 14.9. The Hall–Kier alpha value is -2.53. The third-order valence-electron chi connectivity index (χ3n) is 6.57. The van der Waals surface area contributed by atoms with Crippen molar-refractivity contribution in [1.29, 1.82) is 0 Å². The summed E-state index contributed by atoms with van der Waals surface area (Å²) in [6, 6.07) is 18.3. The second kappa shape index (κ2) is 9.31. The van der Waals surface area contributed by atoms with Gasteiger partial charge in [0.1, 0.15) is 0 Å². The van der Waals surface area contributed by atoms with Crippen LogP contribution in [0.4, 0.5) is 0 Å². The van der Waals surface area contributed by atoms with E-state index in [4.69, 9.17) is 0 Å². The van der Waals surface area contributed by atoms with Gasteiger partial charge in [0, 0.05) is 24.3 Å². The molecule has 1 saturated carbocycles. The van der Waals surface area contributed by atoms with E-state index in [2.05, 4.69) is 24.4 Å². The molecule has 0 aromatic heterocycles. The van der Waals surface area contributed by atoms with E-state index < -0.39 is 0 Å². The summed E-state index contributed by atoms with van der Waals surface area (Å²) in [7, 11) is 1.89. The molecular weight excluding hydrogens is 404 g/mol. The molecule has 1 aliphatic carbocycles. The van der Waals surface area contributed by atoms with Crippen LogP contribution in [0.5, 0.6) is 0 Å². The van der Waals surface area contributed by atoms with E-state index in [0.717, 1.165) is 35.3 Å². The Morgan fingerprint density at radius 3 is 2.58 bits per heavy atom. The standard InChI is InChI=1S/C26H30N2O2S/c1-17-9-7-8-12-20(17)16-24-26(30)28(3)22-15-21(13-14-23(22)31-24)25(29)27-18(2)19-10-5-4-6-11-19/h4-12,16,18,21-23H,13-15H2,1-3H3,(H,27,29)/b24-16-. The number of hydrogen-bond donors (Lipinski definition) is 1. The fourth-order valence-electron chi connectivity index (χ4n) is 4.58. The molecule has 2 aromatic rings. The summed E-state index contributed by atoms with van der Waals surface area (Å²) in [6.45, 7) is 4.09. The maximum atomic E-state index is 13.1. The van der Waals surface area contributed by atoms with Crippen LogP contribution in [0.25, 0.3) is 6.08 Å². The van der Waals surface area contributed by atoms with Crippen molar-refractivity contribution in [2.75, 3.05) is 7.05 Å².